The first kappa shape index (κ1) is 41.7. The van der Waals surface area contributed by atoms with E-state index in [0.29, 0.717) is 39.6 Å². The summed E-state index contributed by atoms with van der Waals surface area (Å²) in [5.41, 5.74) is 0. The third-order valence-corrected chi connectivity index (χ3v) is 11.1. The number of rotatable bonds is 24. The van der Waals surface area contributed by atoms with Gasteiger partial charge < -0.3 is 28.4 Å². The lowest BCUT2D eigenvalue weighted by atomic mass is 9.92. The minimum Gasteiger partial charge on any atom is -0.490 e. The van der Waals surface area contributed by atoms with Gasteiger partial charge in [-0.3, -0.25) is 0 Å². The van der Waals surface area contributed by atoms with Crippen LogP contribution >= 0.6 is 47.8 Å². The highest BCUT2D eigenvalue weighted by Crippen LogP contribution is 2.55. The molecule has 0 aliphatic rings. The van der Waals surface area contributed by atoms with Crippen molar-refractivity contribution in [2.45, 2.75) is 119 Å². The molecule has 0 aromatic heterocycles. The zero-order chi connectivity index (χ0) is 36.8. The van der Waals surface area contributed by atoms with Gasteiger partial charge in [-0.15, -0.1) is 0 Å². The van der Waals surface area contributed by atoms with Crippen LogP contribution in [0.15, 0.2) is 31.6 Å². The Bertz CT molecular complexity index is 1490. The van der Waals surface area contributed by atoms with Crippen molar-refractivity contribution in [3.63, 3.8) is 0 Å². The molecule has 0 heterocycles. The van der Waals surface area contributed by atoms with Crippen LogP contribution in [0, 0.1) is 0 Å². The van der Waals surface area contributed by atoms with Gasteiger partial charge in [-0.2, -0.15) is 0 Å². The van der Waals surface area contributed by atoms with Gasteiger partial charge in [0.25, 0.3) is 0 Å². The molecule has 4 aromatic carbocycles. The number of hydrogen-bond donors (Lipinski definition) is 0. The summed E-state index contributed by atoms with van der Waals surface area (Å²) in [6, 6.07) is 6.44. The van der Waals surface area contributed by atoms with E-state index in [2.05, 4.69) is 108 Å². The summed E-state index contributed by atoms with van der Waals surface area (Å²) >= 11 is 12.2. The summed E-state index contributed by atoms with van der Waals surface area (Å²) in [4.78, 5) is 0. The van der Waals surface area contributed by atoms with E-state index in [1.807, 2.05) is 0 Å². The predicted octanol–water partition coefficient (Wildman–Crippen LogP) is 14.5. The second-order valence-corrected chi connectivity index (χ2v) is 15.4. The van der Waals surface area contributed by atoms with Crippen molar-refractivity contribution in [3.05, 3.63) is 31.6 Å². The van der Waals surface area contributed by atoms with Crippen LogP contribution in [0.25, 0.3) is 32.3 Å². The third-order valence-electron chi connectivity index (χ3n) is 8.87. The summed E-state index contributed by atoms with van der Waals surface area (Å²) in [6.07, 6.45) is 11.9. The quantitative estimate of drug-likeness (QED) is 0.0516. The fraction of sp³-hybridized carbons (Fsp3) is 0.571. The molecule has 0 unspecified atom stereocenters. The van der Waals surface area contributed by atoms with Gasteiger partial charge in [-0.1, -0.05) is 80.1 Å². The van der Waals surface area contributed by atoms with E-state index in [0.717, 1.165) is 157 Å². The molecule has 0 aliphatic heterocycles. The Labute approximate surface area is 331 Å². The molecule has 0 amide bonds. The van der Waals surface area contributed by atoms with E-state index in [9.17, 15) is 0 Å². The van der Waals surface area contributed by atoms with Crippen molar-refractivity contribution in [2.24, 2.45) is 0 Å². The van der Waals surface area contributed by atoms with E-state index in [1.165, 1.54) is 0 Å². The first-order chi connectivity index (χ1) is 24.9. The minimum absolute atomic E-state index is 0.596. The molecular formula is C42H57Br3O6. The van der Waals surface area contributed by atoms with Crippen LogP contribution in [-0.2, 0) is 0 Å². The highest BCUT2D eigenvalue weighted by Gasteiger charge is 2.27. The van der Waals surface area contributed by atoms with Crippen LogP contribution in [0.3, 0.4) is 0 Å². The molecule has 9 heteroatoms. The molecule has 51 heavy (non-hydrogen) atoms. The van der Waals surface area contributed by atoms with Gasteiger partial charge in [0.05, 0.1) is 53.1 Å². The number of benzene rings is 4. The lowest BCUT2D eigenvalue weighted by molar-refractivity contribution is 0.261. The van der Waals surface area contributed by atoms with Crippen LogP contribution in [0.5, 0.6) is 34.5 Å². The van der Waals surface area contributed by atoms with Gasteiger partial charge in [0.15, 0.2) is 34.5 Å². The molecule has 4 rings (SSSR count). The van der Waals surface area contributed by atoms with Crippen molar-refractivity contribution in [1.82, 2.24) is 0 Å². The van der Waals surface area contributed by atoms with Gasteiger partial charge >= 0.3 is 0 Å². The maximum absolute atomic E-state index is 6.53. The smallest absolute Gasteiger partial charge is 0.175 e. The Morgan fingerprint density at radius 2 is 0.569 bits per heavy atom. The topological polar surface area (TPSA) is 55.4 Å². The first-order valence-electron chi connectivity index (χ1n) is 19.2. The Morgan fingerprint density at radius 3 is 0.784 bits per heavy atom. The van der Waals surface area contributed by atoms with Gasteiger partial charge in [-0.05, 0) is 121 Å². The summed E-state index contributed by atoms with van der Waals surface area (Å²) in [5, 5.41) is 6.06. The highest BCUT2D eigenvalue weighted by molar-refractivity contribution is 9.11. The number of halogens is 3. The van der Waals surface area contributed by atoms with Crippen molar-refractivity contribution >= 4 is 80.1 Å². The molecule has 0 saturated carbocycles. The molecule has 4 aromatic rings. The van der Waals surface area contributed by atoms with Crippen LogP contribution < -0.4 is 28.4 Å². The molecule has 0 atom stereocenters. The zero-order valence-electron chi connectivity index (χ0n) is 31.5. The Kier molecular flexibility index (Phi) is 17.6. The van der Waals surface area contributed by atoms with Crippen LogP contribution in [0.2, 0.25) is 0 Å². The lowest BCUT2D eigenvalue weighted by Crippen LogP contribution is -2.06. The van der Waals surface area contributed by atoms with Crippen LogP contribution in [-0.4, -0.2) is 39.6 Å². The lowest BCUT2D eigenvalue weighted by Gasteiger charge is -2.23. The van der Waals surface area contributed by atoms with Gasteiger partial charge in [0.1, 0.15) is 0 Å². The van der Waals surface area contributed by atoms with Crippen molar-refractivity contribution < 1.29 is 28.4 Å². The minimum atomic E-state index is 0.596. The summed E-state index contributed by atoms with van der Waals surface area (Å²) < 4.78 is 41.7. The van der Waals surface area contributed by atoms with Gasteiger partial charge in [-0.25, -0.2) is 0 Å². The van der Waals surface area contributed by atoms with Gasteiger partial charge in [0.2, 0.25) is 0 Å². The molecule has 282 valence electrons. The number of fused-ring (bicyclic) bond motifs is 6. The molecule has 6 nitrogen and oxygen atoms in total. The largest absolute Gasteiger partial charge is 0.490 e. The Balaban J connectivity index is 2.21. The Hall–Kier alpha value is -2.10. The average molecular weight is 898 g/mol. The SMILES string of the molecule is CCCCOc1cc2c(c(Br)c1OCCCC)c1cc(OCCCC)c(OCCCC)c(Br)c1c1cc(OCCCC)c(OCCCC)c(Br)c21. The maximum Gasteiger partial charge on any atom is 0.175 e. The summed E-state index contributed by atoms with van der Waals surface area (Å²) in [7, 11) is 0. The van der Waals surface area contributed by atoms with E-state index < -0.39 is 0 Å². The molecule has 0 fully saturated rings. The van der Waals surface area contributed by atoms with E-state index in [-0.39, 0.29) is 0 Å². The van der Waals surface area contributed by atoms with Crippen molar-refractivity contribution in [3.8, 4) is 34.5 Å². The molecular weight excluding hydrogens is 840 g/mol. The van der Waals surface area contributed by atoms with E-state index >= 15 is 0 Å². The maximum atomic E-state index is 6.53. The fourth-order valence-electron chi connectivity index (χ4n) is 5.87. The van der Waals surface area contributed by atoms with Crippen molar-refractivity contribution in [2.75, 3.05) is 39.6 Å². The molecule has 0 spiro atoms. The van der Waals surface area contributed by atoms with Crippen LogP contribution in [0.4, 0.5) is 0 Å². The second kappa shape index (κ2) is 21.6. The molecule has 0 aliphatic carbocycles. The van der Waals surface area contributed by atoms with Crippen molar-refractivity contribution in [1.29, 1.82) is 0 Å². The number of unbranched alkanes of at least 4 members (excludes halogenated alkanes) is 6. The average Bonchev–Trinajstić information content (AvgIpc) is 3.11. The second-order valence-electron chi connectivity index (χ2n) is 13.0. The van der Waals surface area contributed by atoms with Gasteiger partial charge in [0, 0.05) is 16.2 Å². The molecule has 0 radical (unpaired) electrons. The molecule has 0 bridgehead atoms. The van der Waals surface area contributed by atoms with Crippen LogP contribution in [0.1, 0.15) is 119 Å². The normalized spacial score (nSPS) is 11.5. The number of hydrogen-bond acceptors (Lipinski definition) is 6. The fourth-order valence-corrected chi connectivity index (χ4v) is 8.08. The number of ether oxygens (including phenoxy) is 6. The third kappa shape index (κ3) is 10.1. The molecule has 0 saturated heterocycles. The summed E-state index contributed by atoms with van der Waals surface area (Å²) in [5.74, 6) is 4.32. The standard InChI is InChI=1S/C42H57Br3O6/c1-7-13-19-46-31-25-28-34(37(43)40(31)49-22-16-10-4)29-26-32(47-20-14-8-2)42(51-24-18-12-6)39(45)36(29)30-27-33(48-21-15-9-3)41(38(44)35(28)30)50-23-17-11-5/h25-27H,7-24H2,1-6H3. The predicted molar refractivity (Wildman–Crippen MR) is 224 cm³/mol. The van der Waals surface area contributed by atoms with E-state index in [4.69, 9.17) is 28.4 Å². The first-order valence-corrected chi connectivity index (χ1v) is 21.6. The Morgan fingerprint density at radius 1 is 0.353 bits per heavy atom. The summed E-state index contributed by atoms with van der Waals surface area (Å²) in [6.45, 7) is 16.6. The zero-order valence-corrected chi connectivity index (χ0v) is 36.3. The van der Waals surface area contributed by atoms with E-state index in [1.54, 1.807) is 0 Å². The highest BCUT2D eigenvalue weighted by atomic mass is 79.9. The molecule has 0 N–H and O–H groups in total. The monoisotopic (exact) mass is 894 g/mol.